The molecule has 0 N–H and O–H groups in total. The lowest BCUT2D eigenvalue weighted by atomic mass is 10.1. The summed E-state index contributed by atoms with van der Waals surface area (Å²) in [6, 6.07) is 5.38. The molecule has 2 aliphatic heterocycles. The molecule has 2 fully saturated rings. The minimum Gasteiger partial charge on any atom is -0.472 e. The van der Waals surface area contributed by atoms with Crippen molar-refractivity contribution in [3.63, 3.8) is 0 Å². The molecule has 0 bridgehead atoms. The molecule has 2 unspecified atom stereocenters. The highest BCUT2D eigenvalue weighted by molar-refractivity contribution is 8.77. The molecule has 134 valence electrons. The molecule has 7 heteroatoms. The van der Waals surface area contributed by atoms with Crippen molar-refractivity contribution in [2.45, 2.75) is 49.9 Å². The maximum atomic E-state index is 12.3. The van der Waals surface area contributed by atoms with Crippen LogP contribution in [0.2, 0.25) is 0 Å². The van der Waals surface area contributed by atoms with Gasteiger partial charge in [0.1, 0.15) is 6.10 Å². The van der Waals surface area contributed by atoms with E-state index in [0.29, 0.717) is 24.4 Å². The van der Waals surface area contributed by atoms with E-state index in [0.717, 1.165) is 31.1 Å². The van der Waals surface area contributed by atoms with Crippen LogP contribution in [0.15, 0.2) is 18.3 Å². The number of rotatable bonds is 7. The van der Waals surface area contributed by atoms with Gasteiger partial charge in [-0.15, -0.1) is 0 Å². The van der Waals surface area contributed by atoms with E-state index < -0.39 is 0 Å². The topological polar surface area (TPSA) is 66.2 Å². The van der Waals surface area contributed by atoms with Crippen LogP contribution in [-0.2, 0) is 4.79 Å². The summed E-state index contributed by atoms with van der Waals surface area (Å²) in [5.74, 6) is 1.97. The Hall–Kier alpha value is -1.39. The summed E-state index contributed by atoms with van der Waals surface area (Å²) < 4.78 is 5.83. The molecule has 0 aliphatic carbocycles. The second kappa shape index (κ2) is 9.35. The summed E-state index contributed by atoms with van der Waals surface area (Å²) in [5.41, 5.74) is 0.537. The normalized spacial score (nSPS) is 22.8. The van der Waals surface area contributed by atoms with Crippen LogP contribution >= 0.6 is 21.6 Å². The quantitative estimate of drug-likeness (QED) is 0.534. The lowest BCUT2D eigenvalue weighted by molar-refractivity contribution is -0.130. The van der Waals surface area contributed by atoms with E-state index in [4.69, 9.17) is 10.00 Å². The van der Waals surface area contributed by atoms with E-state index in [1.807, 2.05) is 26.5 Å². The summed E-state index contributed by atoms with van der Waals surface area (Å²) in [5, 5.41) is 9.71. The molecule has 3 rings (SSSR count). The van der Waals surface area contributed by atoms with Crippen LogP contribution in [0.4, 0.5) is 0 Å². The molecule has 1 aromatic rings. The molecular weight excluding hydrogens is 354 g/mol. The van der Waals surface area contributed by atoms with Gasteiger partial charge in [-0.3, -0.25) is 4.79 Å². The second-order valence-corrected chi connectivity index (χ2v) is 9.23. The molecule has 0 saturated carbocycles. The highest BCUT2D eigenvalue weighted by Crippen LogP contribution is 2.39. The number of nitriles is 1. The van der Waals surface area contributed by atoms with Crippen LogP contribution < -0.4 is 4.74 Å². The summed E-state index contributed by atoms with van der Waals surface area (Å²) in [7, 11) is 3.98. The zero-order valence-electron chi connectivity index (χ0n) is 14.2. The summed E-state index contributed by atoms with van der Waals surface area (Å²) in [6.45, 7) is 1.36. The average Bonchev–Trinajstić information content (AvgIpc) is 3.30. The third-order valence-corrected chi connectivity index (χ3v) is 7.55. The summed E-state index contributed by atoms with van der Waals surface area (Å²) in [6.07, 6.45) is 7.67. The number of hydrogen-bond acceptors (Lipinski definition) is 6. The maximum Gasteiger partial charge on any atom is 0.222 e. The minimum absolute atomic E-state index is 0.0303. The third kappa shape index (κ3) is 5.55. The van der Waals surface area contributed by atoms with Gasteiger partial charge in [0.15, 0.2) is 0 Å². The van der Waals surface area contributed by atoms with Gasteiger partial charge in [-0.05, 0) is 25.3 Å². The molecule has 0 aromatic carbocycles. The zero-order valence-corrected chi connectivity index (χ0v) is 15.9. The SMILES string of the molecule is N#Cc1ccnc(OC2CCN(C(=O)CCCCC3CCSS3)C2)c1. The van der Waals surface area contributed by atoms with Crippen LogP contribution in [0.5, 0.6) is 5.88 Å². The Bertz CT molecular complexity index is 629. The Morgan fingerprint density at radius 1 is 1.44 bits per heavy atom. The fraction of sp³-hybridized carbons (Fsp3) is 0.611. The molecule has 1 amide bonds. The Morgan fingerprint density at radius 3 is 3.16 bits per heavy atom. The fourth-order valence-corrected chi connectivity index (χ4v) is 6.16. The number of ether oxygens (including phenoxy) is 1. The van der Waals surface area contributed by atoms with E-state index in [1.54, 1.807) is 18.3 Å². The summed E-state index contributed by atoms with van der Waals surface area (Å²) >= 11 is 0. The molecule has 0 spiro atoms. The van der Waals surface area contributed by atoms with E-state index in [2.05, 4.69) is 11.1 Å². The number of aromatic nitrogens is 1. The molecule has 25 heavy (non-hydrogen) atoms. The highest BCUT2D eigenvalue weighted by Gasteiger charge is 2.27. The van der Waals surface area contributed by atoms with Gasteiger partial charge in [0.2, 0.25) is 11.8 Å². The number of carbonyl (C=O) groups excluding carboxylic acids is 1. The van der Waals surface area contributed by atoms with Gasteiger partial charge in [0.05, 0.1) is 18.2 Å². The first-order valence-corrected chi connectivity index (χ1v) is 11.2. The van der Waals surface area contributed by atoms with Crippen LogP contribution in [-0.4, -0.2) is 46.0 Å². The number of nitrogens with zero attached hydrogens (tertiary/aromatic N) is 3. The van der Waals surface area contributed by atoms with E-state index >= 15 is 0 Å². The van der Waals surface area contributed by atoms with Gasteiger partial charge >= 0.3 is 0 Å². The van der Waals surface area contributed by atoms with Crippen molar-refractivity contribution < 1.29 is 9.53 Å². The van der Waals surface area contributed by atoms with Crippen LogP contribution in [0.25, 0.3) is 0 Å². The van der Waals surface area contributed by atoms with Crippen LogP contribution in [0, 0.1) is 11.3 Å². The molecule has 3 heterocycles. The lowest BCUT2D eigenvalue weighted by Gasteiger charge is -2.17. The maximum absolute atomic E-state index is 12.3. The van der Waals surface area contributed by atoms with Crippen molar-refractivity contribution in [3.05, 3.63) is 23.9 Å². The van der Waals surface area contributed by atoms with E-state index in [1.165, 1.54) is 18.6 Å². The number of likely N-dealkylation sites (tertiary alicyclic amines) is 1. The predicted octanol–water partition coefficient (Wildman–Crippen LogP) is 3.65. The van der Waals surface area contributed by atoms with Gasteiger partial charge < -0.3 is 9.64 Å². The molecule has 2 atom stereocenters. The molecule has 2 aliphatic rings. The van der Waals surface area contributed by atoms with Crippen molar-refractivity contribution in [2.24, 2.45) is 0 Å². The molecule has 2 saturated heterocycles. The van der Waals surface area contributed by atoms with Crippen molar-refractivity contribution in [1.29, 1.82) is 5.26 Å². The first kappa shape index (κ1) is 18.4. The van der Waals surface area contributed by atoms with Gasteiger partial charge in [0.25, 0.3) is 0 Å². The second-order valence-electron chi connectivity index (χ2n) is 6.44. The smallest absolute Gasteiger partial charge is 0.222 e. The first-order chi connectivity index (χ1) is 12.2. The zero-order chi connectivity index (χ0) is 17.5. The van der Waals surface area contributed by atoms with Crippen LogP contribution in [0.3, 0.4) is 0 Å². The Kier molecular flexibility index (Phi) is 6.88. The summed E-state index contributed by atoms with van der Waals surface area (Å²) in [4.78, 5) is 18.4. The highest BCUT2D eigenvalue weighted by atomic mass is 33.1. The number of unbranched alkanes of at least 4 members (excludes halogenated alkanes) is 1. The molecule has 5 nitrogen and oxygen atoms in total. The number of carbonyl (C=O) groups is 1. The first-order valence-electron chi connectivity index (χ1n) is 8.83. The van der Waals surface area contributed by atoms with Crippen molar-refractivity contribution in [1.82, 2.24) is 9.88 Å². The Morgan fingerprint density at radius 2 is 2.36 bits per heavy atom. The number of amides is 1. The monoisotopic (exact) mass is 377 g/mol. The van der Waals surface area contributed by atoms with Crippen molar-refractivity contribution >= 4 is 27.5 Å². The standard InChI is InChI=1S/C18H23N3O2S2/c19-12-14-5-8-20-17(11-14)23-15-6-9-21(13-15)18(22)4-2-1-3-16-7-10-24-25-16/h5,8,11,15-16H,1-4,6-7,9-10,13H2. The van der Waals surface area contributed by atoms with Crippen molar-refractivity contribution in [2.75, 3.05) is 18.8 Å². The molecular formula is C18H23N3O2S2. The average molecular weight is 378 g/mol. The number of pyridine rings is 1. The minimum atomic E-state index is -0.0303. The van der Waals surface area contributed by atoms with Gasteiger partial charge in [-0.25, -0.2) is 4.98 Å². The predicted molar refractivity (Wildman–Crippen MR) is 101 cm³/mol. The van der Waals surface area contributed by atoms with Gasteiger partial charge in [0, 0.05) is 42.7 Å². The Balaban J connectivity index is 1.36. The van der Waals surface area contributed by atoms with Crippen LogP contribution in [0.1, 0.15) is 44.1 Å². The van der Waals surface area contributed by atoms with E-state index in [9.17, 15) is 4.79 Å². The molecule has 1 aromatic heterocycles. The number of hydrogen-bond donors (Lipinski definition) is 0. The van der Waals surface area contributed by atoms with E-state index in [-0.39, 0.29) is 12.0 Å². The molecule has 0 radical (unpaired) electrons. The van der Waals surface area contributed by atoms with Crippen molar-refractivity contribution in [3.8, 4) is 11.9 Å². The van der Waals surface area contributed by atoms with Gasteiger partial charge in [-0.2, -0.15) is 5.26 Å². The fourth-order valence-electron chi connectivity index (χ4n) is 3.14. The largest absolute Gasteiger partial charge is 0.472 e. The third-order valence-electron chi connectivity index (χ3n) is 4.54. The Labute approximate surface area is 156 Å². The lowest BCUT2D eigenvalue weighted by Crippen LogP contribution is -2.30. The van der Waals surface area contributed by atoms with Gasteiger partial charge in [-0.1, -0.05) is 28.0 Å².